The summed E-state index contributed by atoms with van der Waals surface area (Å²) in [4.78, 5) is 16.7. The number of fused-ring (bicyclic) bond motifs is 18. The molecule has 10 nitrogen and oxygen atoms in total. The van der Waals surface area contributed by atoms with E-state index in [0.717, 1.165) is 133 Å². The van der Waals surface area contributed by atoms with Crippen molar-refractivity contribution in [3.05, 3.63) is 345 Å². The van der Waals surface area contributed by atoms with Gasteiger partial charge < -0.3 is 27.4 Å². The van der Waals surface area contributed by atoms with Crippen molar-refractivity contribution in [2.45, 2.75) is 0 Å². The second kappa shape index (κ2) is 22.3. The summed E-state index contributed by atoms with van der Waals surface area (Å²) in [5.41, 5.74) is 21.0. The van der Waals surface area contributed by atoms with Gasteiger partial charge in [0.25, 0.3) is 0 Å². The summed E-state index contributed by atoms with van der Waals surface area (Å²) in [5, 5.41) is 25.5. The van der Waals surface area contributed by atoms with Crippen LogP contribution in [0.1, 0.15) is 5.56 Å². The third-order valence-corrected chi connectivity index (χ3v) is 21.4. The zero-order valence-electron chi connectivity index (χ0n) is 55.8. The molecule has 0 bridgehead atoms. The number of hydrogen-bond donors (Lipinski definition) is 0. The molecule has 15 aromatic carbocycles. The number of hydrogen-bond acceptors (Lipinski definition) is 4. The van der Waals surface area contributed by atoms with E-state index in [0.29, 0.717) is 28.6 Å². The van der Waals surface area contributed by atoms with Gasteiger partial charge in [-0.2, -0.15) is 5.26 Å². The summed E-state index contributed by atoms with van der Waals surface area (Å²) in [5.74, 6) is 1.46. The monoisotopic (exact) mass is 1320 g/mol. The molecule has 7 heterocycles. The number of nitriles is 1. The van der Waals surface area contributed by atoms with E-state index < -0.39 is 0 Å². The van der Waals surface area contributed by atoms with Crippen molar-refractivity contribution in [2.24, 2.45) is 0 Å². The lowest BCUT2D eigenvalue weighted by molar-refractivity contribution is 1.05. The molecule has 0 atom stereocenters. The Morgan fingerprint density at radius 2 is 0.423 bits per heavy atom. The molecule has 0 saturated carbocycles. The van der Waals surface area contributed by atoms with Gasteiger partial charge in [0.1, 0.15) is 0 Å². The molecule has 0 N–H and O–H groups in total. The van der Waals surface area contributed by atoms with Crippen molar-refractivity contribution in [3.8, 4) is 74.4 Å². The molecule has 10 heteroatoms. The lowest BCUT2D eigenvalue weighted by Gasteiger charge is -2.21. The normalized spacial score (nSPS) is 12.0. The van der Waals surface area contributed by atoms with E-state index in [9.17, 15) is 5.26 Å². The van der Waals surface area contributed by atoms with Crippen LogP contribution >= 0.6 is 0 Å². The highest BCUT2D eigenvalue weighted by atomic mass is 15.1. The molecule has 0 radical (unpaired) electrons. The van der Waals surface area contributed by atoms with Crippen LogP contribution in [0.15, 0.2) is 340 Å². The lowest BCUT2D eigenvalue weighted by Crippen LogP contribution is -2.09. The Balaban J connectivity index is 0.886. The van der Waals surface area contributed by atoms with E-state index in [2.05, 4.69) is 325 Å². The van der Waals surface area contributed by atoms with E-state index in [1.54, 1.807) is 0 Å². The van der Waals surface area contributed by atoms with Crippen molar-refractivity contribution < 1.29 is 0 Å². The van der Waals surface area contributed by atoms with Crippen LogP contribution in [0.5, 0.6) is 0 Å². The topological polar surface area (TPSA) is 92.0 Å². The third kappa shape index (κ3) is 8.40. The molecule has 22 aromatic rings. The highest BCUT2D eigenvalue weighted by Gasteiger charge is 2.29. The molecule has 0 fully saturated rings. The zero-order chi connectivity index (χ0) is 68.3. The molecular weight excluding hydrogens is 1270 g/mol. The van der Waals surface area contributed by atoms with Crippen LogP contribution in [-0.2, 0) is 0 Å². The van der Waals surface area contributed by atoms with Gasteiger partial charge in [-0.25, -0.2) is 15.0 Å². The van der Waals surface area contributed by atoms with Crippen LogP contribution < -0.4 is 0 Å². The Bertz CT molecular complexity index is 6450. The largest absolute Gasteiger partial charge is 0.309 e. The first-order chi connectivity index (χ1) is 51.6. The third-order valence-electron chi connectivity index (χ3n) is 21.4. The molecule has 7 aromatic heterocycles. The summed E-state index contributed by atoms with van der Waals surface area (Å²) in [6, 6.07) is 124. The van der Waals surface area contributed by atoms with Crippen LogP contribution in [0.2, 0.25) is 0 Å². The van der Waals surface area contributed by atoms with Crippen molar-refractivity contribution in [3.63, 3.8) is 0 Å². The van der Waals surface area contributed by atoms with Crippen LogP contribution in [0.4, 0.5) is 0 Å². The van der Waals surface area contributed by atoms with Gasteiger partial charge in [-0.3, -0.25) is 0 Å². The molecule has 0 aliphatic rings. The van der Waals surface area contributed by atoms with Gasteiger partial charge in [-0.15, -0.1) is 0 Å². The molecule has 0 aliphatic carbocycles. The molecule has 22 rings (SSSR count). The Hall–Kier alpha value is -14.4. The maximum Gasteiger partial charge on any atom is 0.168 e. The summed E-state index contributed by atoms with van der Waals surface area (Å²) in [6.07, 6.45) is 0. The van der Waals surface area contributed by atoms with Gasteiger partial charge in [-0.1, -0.05) is 206 Å². The first-order valence-electron chi connectivity index (χ1n) is 35.1. The quantitative estimate of drug-likeness (QED) is 0.144. The molecule has 482 valence electrons. The average molecular weight is 1330 g/mol. The first-order valence-corrected chi connectivity index (χ1v) is 35.1. The van der Waals surface area contributed by atoms with Crippen molar-refractivity contribution >= 4 is 131 Å². The summed E-state index contributed by atoms with van der Waals surface area (Å²) in [6.45, 7) is 0. The van der Waals surface area contributed by atoms with Crippen LogP contribution in [-0.4, -0.2) is 42.4 Å². The molecule has 0 amide bonds. The molecule has 0 spiro atoms. The summed E-state index contributed by atoms with van der Waals surface area (Å²) >= 11 is 0. The van der Waals surface area contributed by atoms with Gasteiger partial charge in [0.2, 0.25) is 0 Å². The second-order valence-corrected chi connectivity index (χ2v) is 27.0. The highest BCUT2D eigenvalue weighted by molar-refractivity contribution is 6.17. The lowest BCUT2D eigenvalue weighted by atomic mass is 10.0. The Kier molecular flexibility index (Phi) is 12.3. The Morgan fingerprint density at radius 3 is 0.673 bits per heavy atom. The number of aromatic nitrogens is 9. The van der Waals surface area contributed by atoms with Crippen LogP contribution in [0, 0.1) is 11.3 Å². The van der Waals surface area contributed by atoms with Gasteiger partial charge in [0.05, 0.1) is 94.8 Å². The van der Waals surface area contributed by atoms with Crippen molar-refractivity contribution in [1.29, 1.82) is 5.26 Å². The fourth-order valence-corrected chi connectivity index (χ4v) is 17.1. The van der Waals surface area contributed by atoms with Crippen LogP contribution in [0.25, 0.3) is 199 Å². The fourth-order valence-electron chi connectivity index (χ4n) is 17.1. The van der Waals surface area contributed by atoms with Gasteiger partial charge >= 0.3 is 0 Å². The van der Waals surface area contributed by atoms with E-state index >= 15 is 0 Å². The maximum atomic E-state index is 11.9. The second-order valence-electron chi connectivity index (χ2n) is 27.0. The maximum absolute atomic E-state index is 11.9. The first kappa shape index (κ1) is 57.5. The van der Waals surface area contributed by atoms with Crippen LogP contribution in [0.3, 0.4) is 0 Å². The van der Waals surface area contributed by atoms with Gasteiger partial charge in [0.15, 0.2) is 17.5 Å². The SMILES string of the molecule is N#Cc1cc(-n2c3ccc(-n4c5ccccc5c5ccccc54)cc3c3cc(-n4c5ccccc5c5ccccc54)ccc32)c(-c2nc(-c3ccccc3)nc(-c3ccccc3)n2)c(-n2c3ccc(-n4c5ccccc5c5ccccc54)cc3c3cc(-n4c5ccccc5c5ccccc54)ccc32)c1. The predicted octanol–water partition coefficient (Wildman–Crippen LogP) is 23.3. The minimum Gasteiger partial charge on any atom is -0.309 e. The average Bonchev–Trinajstić information content (AvgIpc) is 1.53. The fraction of sp³-hybridized carbons (Fsp3) is 0. The predicted molar refractivity (Wildman–Crippen MR) is 427 cm³/mol. The smallest absolute Gasteiger partial charge is 0.168 e. The van der Waals surface area contributed by atoms with Crippen molar-refractivity contribution in [2.75, 3.05) is 0 Å². The van der Waals surface area contributed by atoms with E-state index in [1.807, 2.05) is 48.5 Å². The summed E-state index contributed by atoms with van der Waals surface area (Å²) in [7, 11) is 0. The number of rotatable bonds is 9. The standard InChI is InChI=1S/C94H56N10/c95-57-58-51-89(103-85-47-43-61(99-77-35-15-7-27-65(77)66-28-8-16-36-78(66)99)53-73(85)74-54-62(44-48-86(74)103)100-79-37-17-9-29-67(79)68-30-10-18-38-80(68)100)91(94-97-92(59-23-3-1-4-24-59)96-93(98-94)60-25-5-2-6-26-60)90(52-58)104-87-49-45-63(101-81-39-19-11-31-69(81)70-32-12-20-40-82(70)101)55-75(87)76-56-64(46-50-88(76)104)102-83-41-21-13-33-71(83)72-34-14-22-42-84(72)102/h1-56H. The zero-order valence-corrected chi connectivity index (χ0v) is 55.8. The summed E-state index contributed by atoms with van der Waals surface area (Å²) < 4.78 is 14.3. The van der Waals surface area contributed by atoms with E-state index in [-0.39, 0.29) is 0 Å². The van der Waals surface area contributed by atoms with E-state index in [1.165, 1.54) is 43.1 Å². The molecule has 104 heavy (non-hydrogen) atoms. The minimum atomic E-state index is 0.435. The molecule has 0 saturated heterocycles. The minimum absolute atomic E-state index is 0.435. The number of nitrogens with zero attached hydrogens (tertiary/aromatic N) is 10. The number of para-hydroxylation sites is 8. The Morgan fingerprint density at radius 1 is 0.202 bits per heavy atom. The van der Waals surface area contributed by atoms with E-state index in [4.69, 9.17) is 15.0 Å². The van der Waals surface area contributed by atoms with Crippen molar-refractivity contribution in [1.82, 2.24) is 42.4 Å². The van der Waals surface area contributed by atoms with Gasteiger partial charge in [0, 0.05) is 98.5 Å². The van der Waals surface area contributed by atoms with Gasteiger partial charge in [-0.05, 0) is 133 Å². The number of benzene rings is 15. The molecule has 0 aliphatic heterocycles. The highest BCUT2D eigenvalue weighted by Crippen LogP contribution is 2.47. The Labute approximate surface area is 594 Å². The molecule has 0 unspecified atom stereocenters. The molecular formula is C94H56N10.